The van der Waals surface area contributed by atoms with E-state index >= 15 is 0 Å². The van der Waals surface area contributed by atoms with Gasteiger partial charge < -0.3 is 0 Å². The molecule has 70 valence electrons. The fourth-order valence-corrected chi connectivity index (χ4v) is 0.589. The zero-order valence-electron chi connectivity index (χ0n) is 7.59. The van der Waals surface area contributed by atoms with E-state index in [9.17, 15) is 0 Å². The topological polar surface area (TPSA) is 0 Å². The average molecular weight is 214 g/mol. The maximum Gasteiger partial charge on any atom is 0 e. The van der Waals surface area contributed by atoms with Crippen molar-refractivity contribution in [1.29, 1.82) is 0 Å². The quantitative estimate of drug-likeness (QED) is 0.520. The summed E-state index contributed by atoms with van der Waals surface area (Å²) in [6, 6.07) is 10.0. The molecule has 1 aromatic carbocycles. The molecular formula is C12H14Fe. The molecule has 0 amide bonds. The van der Waals surface area contributed by atoms with Gasteiger partial charge in [-0.2, -0.15) is 0 Å². The van der Waals surface area contributed by atoms with Crippen molar-refractivity contribution in [2.45, 2.75) is 0 Å². The van der Waals surface area contributed by atoms with Crippen LogP contribution < -0.4 is 0 Å². The smallest absolute Gasteiger partial charge is 0 e. The average Bonchev–Trinajstić information content (AvgIpc) is 2.19. The molecule has 0 unspecified atom stereocenters. The summed E-state index contributed by atoms with van der Waals surface area (Å²) < 4.78 is 0. The number of benzene rings is 1. The molecule has 0 saturated carbocycles. The molecule has 0 atom stereocenters. The van der Waals surface area contributed by atoms with Crippen LogP contribution in [0.2, 0.25) is 0 Å². The van der Waals surface area contributed by atoms with Gasteiger partial charge in [-0.3, -0.25) is 0 Å². The zero-order chi connectivity index (χ0) is 9.23. The minimum absolute atomic E-state index is 0. The van der Waals surface area contributed by atoms with Crippen molar-refractivity contribution >= 4 is 6.08 Å². The van der Waals surface area contributed by atoms with Crippen LogP contribution in [-0.2, 0) is 17.1 Å². The van der Waals surface area contributed by atoms with Crippen LogP contribution in [0, 0.1) is 0 Å². The molecule has 0 nitrogen and oxygen atoms in total. The molecular weight excluding hydrogens is 200 g/mol. The van der Waals surface area contributed by atoms with Crippen molar-refractivity contribution in [1.82, 2.24) is 0 Å². The maximum absolute atomic E-state index is 3.63. The first-order valence-electron chi connectivity index (χ1n) is 3.76. The summed E-state index contributed by atoms with van der Waals surface area (Å²) in [6.45, 7) is 10.4. The summed E-state index contributed by atoms with van der Waals surface area (Å²) in [5.74, 6) is 0. The van der Waals surface area contributed by atoms with Crippen LogP contribution in [0.3, 0.4) is 0 Å². The summed E-state index contributed by atoms with van der Waals surface area (Å²) in [5.41, 5.74) is 1.17. The van der Waals surface area contributed by atoms with Gasteiger partial charge >= 0.3 is 0 Å². The first kappa shape index (κ1) is 14.5. The van der Waals surface area contributed by atoms with E-state index in [2.05, 4.69) is 19.7 Å². The maximum atomic E-state index is 3.63. The molecule has 0 saturated heterocycles. The minimum Gasteiger partial charge on any atom is -0.0991 e. The van der Waals surface area contributed by atoms with Gasteiger partial charge in [0.15, 0.2) is 0 Å². The molecule has 0 heterocycles. The predicted octanol–water partition coefficient (Wildman–Crippen LogP) is 3.69. The molecule has 0 aliphatic rings. The fourth-order valence-electron chi connectivity index (χ4n) is 0.589. The molecule has 0 N–H and O–H groups in total. The number of rotatable bonds is 2. The molecule has 0 radical (unpaired) electrons. The molecule has 1 heteroatoms. The largest absolute Gasteiger partial charge is 0.0991 e. The first-order chi connectivity index (χ1) is 5.85. The van der Waals surface area contributed by atoms with E-state index in [1.165, 1.54) is 5.56 Å². The van der Waals surface area contributed by atoms with Crippen molar-refractivity contribution < 1.29 is 17.1 Å². The van der Waals surface area contributed by atoms with Gasteiger partial charge in [-0.25, -0.2) is 0 Å². The zero-order valence-corrected chi connectivity index (χ0v) is 8.70. The minimum atomic E-state index is 0. The van der Waals surface area contributed by atoms with E-state index in [0.29, 0.717) is 0 Å². The third kappa shape index (κ3) is 8.87. The van der Waals surface area contributed by atoms with Gasteiger partial charge in [0.2, 0.25) is 0 Å². The normalized spacial score (nSPS) is 6.77. The summed E-state index contributed by atoms with van der Waals surface area (Å²) in [6.07, 6.45) is 5.11. The third-order valence-electron chi connectivity index (χ3n) is 1.20. The third-order valence-corrected chi connectivity index (χ3v) is 1.20. The molecule has 1 aromatic rings. The van der Waals surface area contributed by atoms with Crippen molar-refractivity contribution in [3.63, 3.8) is 0 Å². The van der Waals surface area contributed by atoms with Crippen LogP contribution in [0.1, 0.15) is 5.56 Å². The number of hydrogen-bond donors (Lipinski definition) is 0. The van der Waals surface area contributed by atoms with Crippen LogP contribution in [0.4, 0.5) is 0 Å². The van der Waals surface area contributed by atoms with Crippen molar-refractivity contribution in [2.24, 2.45) is 0 Å². The van der Waals surface area contributed by atoms with Crippen LogP contribution in [0.25, 0.3) is 6.08 Å². The van der Waals surface area contributed by atoms with Gasteiger partial charge in [-0.05, 0) is 5.56 Å². The molecule has 13 heavy (non-hydrogen) atoms. The van der Waals surface area contributed by atoms with Crippen LogP contribution >= 0.6 is 0 Å². The van der Waals surface area contributed by atoms with Crippen LogP contribution in [0.15, 0.2) is 62.2 Å². The Balaban J connectivity index is 0. The second kappa shape index (κ2) is 11.0. The van der Waals surface area contributed by atoms with E-state index in [4.69, 9.17) is 0 Å². The Morgan fingerprint density at radius 2 is 1.31 bits per heavy atom. The van der Waals surface area contributed by atoms with Crippen molar-refractivity contribution in [2.75, 3.05) is 0 Å². The summed E-state index contributed by atoms with van der Waals surface area (Å²) in [7, 11) is 0. The molecule has 0 aromatic heterocycles. The Kier molecular flexibility index (Phi) is 12.2. The van der Waals surface area contributed by atoms with Gasteiger partial charge in [-0.15, -0.1) is 0 Å². The summed E-state index contributed by atoms with van der Waals surface area (Å²) in [5, 5.41) is 0. The van der Waals surface area contributed by atoms with Crippen LogP contribution in [0.5, 0.6) is 0 Å². The van der Waals surface area contributed by atoms with E-state index < -0.39 is 0 Å². The van der Waals surface area contributed by atoms with Gasteiger partial charge in [0.05, 0.1) is 0 Å². The Hall–Kier alpha value is -1.04. The SMILES string of the molecule is C=CC=C.C=Cc1ccccc1.[Fe]. The molecule has 1 rings (SSSR count). The van der Waals surface area contributed by atoms with Gasteiger partial charge in [0.25, 0.3) is 0 Å². The van der Waals surface area contributed by atoms with Gasteiger partial charge in [-0.1, -0.05) is 68.3 Å². The fraction of sp³-hybridized carbons (Fsp3) is 0. The molecule has 0 aliphatic heterocycles. The molecule has 0 bridgehead atoms. The molecule has 0 fully saturated rings. The molecule has 0 aliphatic carbocycles. The Bertz CT molecular complexity index is 231. The Morgan fingerprint density at radius 3 is 1.54 bits per heavy atom. The first-order valence-corrected chi connectivity index (χ1v) is 3.76. The van der Waals surface area contributed by atoms with Crippen molar-refractivity contribution in [3.8, 4) is 0 Å². The van der Waals surface area contributed by atoms with Gasteiger partial charge in [0, 0.05) is 17.1 Å². The molecule has 0 spiro atoms. The van der Waals surface area contributed by atoms with E-state index in [-0.39, 0.29) is 17.1 Å². The summed E-state index contributed by atoms with van der Waals surface area (Å²) >= 11 is 0. The second-order valence-corrected chi connectivity index (χ2v) is 2.09. The van der Waals surface area contributed by atoms with E-state index in [0.717, 1.165) is 0 Å². The van der Waals surface area contributed by atoms with Crippen molar-refractivity contribution in [3.05, 3.63) is 67.8 Å². The Labute approximate surface area is 91.2 Å². The monoisotopic (exact) mass is 214 g/mol. The number of hydrogen-bond acceptors (Lipinski definition) is 0. The standard InChI is InChI=1S/C8H8.C4H6.Fe/c1-2-8-6-4-3-5-7-8;1-3-4-2;/h2-7H,1H2;3-4H,1-2H2;. The number of allylic oxidation sites excluding steroid dienone is 2. The van der Waals surface area contributed by atoms with Crippen LogP contribution in [-0.4, -0.2) is 0 Å². The Morgan fingerprint density at radius 1 is 0.846 bits per heavy atom. The van der Waals surface area contributed by atoms with E-state index in [1.54, 1.807) is 12.2 Å². The summed E-state index contributed by atoms with van der Waals surface area (Å²) in [4.78, 5) is 0. The van der Waals surface area contributed by atoms with E-state index in [1.807, 2.05) is 36.4 Å². The second-order valence-electron chi connectivity index (χ2n) is 2.09. The van der Waals surface area contributed by atoms with Gasteiger partial charge in [0.1, 0.15) is 0 Å². The predicted molar refractivity (Wildman–Crippen MR) is 56.9 cm³/mol.